The maximum Gasteiger partial charge on any atom is 0.227 e. The minimum absolute atomic E-state index is 0.0287. The summed E-state index contributed by atoms with van der Waals surface area (Å²) in [6, 6.07) is 0. The largest absolute Gasteiger partial charge is 0.471 e. The summed E-state index contributed by atoms with van der Waals surface area (Å²) in [6.45, 7) is 8.31. The van der Waals surface area contributed by atoms with Crippen LogP contribution in [0.25, 0.3) is 0 Å². The Balaban J connectivity index is 5.19. The highest BCUT2D eigenvalue weighted by molar-refractivity contribution is 5.35. The Morgan fingerprint density at radius 3 is 2.48 bits per heavy atom. The zero-order chi connectivity index (χ0) is 16.1. The first-order chi connectivity index (χ1) is 9.95. The van der Waals surface area contributed by atoms with Crippen LogP contribution in [0.15, 0.2) is 47.8 Å². The number of hydrogen-bond acceptors (Lipinski definition) is 2. The average Bonchev–Trinajstić information content (AvgIpc) is 2.42. The van der Waals surface area contributed by atoms with Gasteiger partial charge in [-0.25, -0.2) is 4.39 Å². The third-order valence-electron chi connectivity index (χ3n) is 3.04. The Morgan fingerprint density at radius 2 is 1.95 bits per heavy atom. The molecule has 0 heterocycles. The monoisotopic (exact) mass is 295 g/mol. The molecule has 0 aromatic heterocycles. The Labute approximate surface area is 129 Å². The van der Waals surface area contributed by atoms with Crippen molar-refractivity contribution in [2.75, 3.05) is 13.4 Å². The molecule has 0 radical (unpaired) electrons. The van der Waals surface area contributed by atoms with E-state index in [1.807, 2.05) is 25.2 Å². The molecule has 0 rings (SSSR count). The van der Waals surface area contributed by atoms with Crippen LogP contribution in [0.2, 0.25) is 0 Å². The normalized spacial score (nSPS) is 14.4. The predicted octanol–water partition coefficient (Wildman–Crippen LogP) is 5.05. The van der Waals surface area contributed by atoms with Gasteiger partial charge in [0.2, 0.25) is 6.86 Å². The number of allylic oxidation sites excluding steroid dienone is 7. The van der Waals surface area contributed by atoms with Crippen molar-refractivity contribution in [2.45, 2.75) is 47.0 Å². The van der Waals surface area contributed by atoms with Crippen LogP contribution in [-0.4, -0.2) is 13.4 Å². The van der Waals surface area contributed by atoms with Crippen LogP contribution in [0, 0.1) is 5.41 Å². The van der Waals surface area contributed by atoms with Gasteiger partial charge in [0.15, 0.2) is 0 Å². The molecule has 2 nitrogen and oxygen atoms in total. The maximum atomic E-state index is 12.0. The van der Waals surface area contributed by atoms with Crippen LogP contribution in [0.3, 0.4) is 0 Å². The molecule has 0 saturated heterocycles. The second-order valence-corrected chi connectivity index (χ2v) is 5.94. The molecular formula is C18H30FNO. The Morgan fingerprint density at radius 1 is 1.24 bits per heavy atom. The van der Waals surface area contributed by atoms with Gasteiger partial charge in [-0.1, -0.05) is 45.1 Å². The second kappa shape index (κ2) is 11.3. The molecule has 0 aromatic carbocycles. The van der Waals surface area contributed by atoms with Gasteiger partial charge in [0.25, 0.3) is 0 Å². The fraction of sp³-hybridized carbons (Fsp3) is 0.556. The third-order valence-corrected chi connectivity index (χ3v) is 3.04. The van der Waals surface area contributed by atoms with E-state index < -0.39 is 6.86 Å². The molecule has 0 aliphatic rings. The summed E-state index contributed by atoms with van der Waals surface area (Å²) in [5.74, 6) is 0. The molecule has 0 unspecified atom stereocenters. The van der Waals surface area contributed by atoms with Crippen molar-refractivity contribution in [3.05, 3.63) is 47.8 Å². The quantitative estimate of drug-likeness (QED) is 0.367. The minimum atomic E-state index is -0.800. The number of alkyl halides is 1. The number of unbranched alkanes of at least 4 members (excludes halogenated alkanes) is 1. The lowest BCUT2D eigenvalue weighted by Crippen LogP contribution is -2.08. The summed E-state index contributed by atoms with van der Waals surface area (Å²) in [6.07, 6.45) is 14.7. The van der Waals surface area contributed by atoms with Crippen LogP contribution < -0.4 is 5.73 Å². The van der Waals surface area contributed by atoms with Gasteiger partial charge in [-0.15, -0.1) is 0 Å². The van der Waals surface area contributed by atoms with Gasteiger partial charge in [0.05, 0.1) is 6.26 Å². The van der Waals surface area contributed by atoms with E-state index in [0.29, 0.717) is 0 Å². The SMILES string of the molecule is C\C=C/C=C(\C=C(/C=C/OCF)C(C)(C)C)CCCCN. The van der Waals surface area contributed by atoms with Gasteiger partial charge >= 0.3 is 0 Å². The molecule has 0 bridgehead atoms. The summed E-state index contributed by atoms with van der Waals surface area (Å²) in [5, 5.41) is 0. The third kappa shape index (κ3) is 10.1. The van der Waals surface area contributed by atoms with E-state index in [0.717, 1.165) is 31.4 Å². The van der Waals surface area contributed by atoms with Crippen molar-refractivity contribution < 1.29 is 9.13 Å². The molecule has 21 heavy (non-hydrogen) atoms. The molecule has 0 amide bonds. The van der Waals surface area contributed by atoms with E-state index in [1.54, 1.807) is 0 Å². The molecule has 0 atom stereocenters. The van der Waals surface area contributed by atoms with E-state index in [1.165, 1.54) is 11.8 Å². The van der Waals surface area contributed by atoms with Crippen LogP contribution in [0.1, 0.15) is 47.0 Å². The molecule has 3 heteroatoms. The van der Waals surface area contributed by atoms with Crippen LogP contribution in [0.5, 0.6) is 0 Å². The molecule has 2 N–H and O–H groups in total. The van der Waals surface area contributed by atoms with Gasteiger partial charge in [0, 0.05) is 0 Å². The van der Waals surface area contributed by atoms with E-state index in [-0.39, 0.29) is 5.41 Å². The molecule has 120 valence electrons. The Bertz CT molecular complexity index is 387. The molecule has 0 saturated carbocycles. The first-order valence-corrected chi connectivity index (χ1v) is 7.54. The molecule has 0 spiro atoms. The Hall–Kier alpha value is -1.35. The molecule has 0 aliphatic carbocycles. The summed E-state index contributed by atoms with van der Waals surface area (Å²) >= 11 is 0. The average molecular weight is 295 g/mol. The van der Waals surface area contributed by atoms with E-state index in [2.05, 4.69) is 37.7 Å². The summed E-state index contributed by atoms with van der Waals surface area (Å²) in [7, 11) is 0. The number of halogens is 1. The van der Waals surface area contributed by atoms with Crippen molar-refractivity contribution in [1.82, 2.24) is 0 Å². The fourth-order valence-corrected chi connectivity index (χ4v) is 1.77. The van der Waals surface area contributed by atoms with Gasteiger partial charge < -0.3 is 10.5 Å². The van der Waals surface area contributed by atoms with Gasteiger partial charge in [0.1, 0.15) is 0 Å². The van der Waals surface area contributed by atoms with E-state index in [4.69, 9.17) is 5.73 Å². The van der Waals surface area contributed by atoms with Crippen LogP contribution >= 0.6 is 0 Å². The van der Waals surface area contributed by atoms with Crippen LogP contribution in [0.4, 0.5) is 4.39 Å². The van der Waals surface area contributed by atoms with E-state index in [9.17, 15) is 4.39 Å². The zero-order valence-electron chi connectivity index (χ0n) is 13.9. The highest BCUT2D eigenvalue weighted by atomic mass is 19.1. The Kier molecular flexibility index (Phi) is 10.6. The first-order valence-electron chi connectivity index (χ1n) is 7.54. The lowest BCUT2D eigenvalue weighted by molar-refractivity contribution is 0.141. The van der Waals surface area contributed by atoms with Crippen molar-refractivity contribution in [3.8, 4) is 0 Å². The van der Waals surface area contributed by atoms with Gasteiger partial charge in [-0.2, -0.15) is 0 Å². The topological polar surface area (TPSA) is 35.2 Å². The lowest BCUT2D eigenvalue weighted by Gasteiger charge is -2.21. The van der Waals surface area contributed by atoms with Crippen molar-refractivity contribution in [1.29, 1.82) is 0 Å². The maximum absolute atomic E-state index is 12.0. The number of hydrogen-bond donors (Lipinski definition) is 1. The highest BCUT2D eigenvalue weighted by Gasteiger charge is 2.15. The second-order valence-electron chi connectivity index (χ2n) is 5.94. The zero-order valence-corrected chi connectivity index (χ0v) is 13.9. The predicted molar refractivity (Wildman–Crippen MR) is 89.5 cm³/mol. The number of rotatable bonds is 9. The molecule has 0 aromatic rings. The summed E-state index contributed by atoms with van der Waals surface area (Å²) in [4.78, 5) is 0. The summed E-state index contributed by atoms with van der Waals surface area (Å²) in [5.41, 5.74) is 7.88. The minimum Gasteiger partial charge on any atom is -0.471 e. The van der Waals surface area contributed by atoms with Gasteiger partial charge in [-0.05, 0) is 55.4 Å². The molecular weight excluding hydrogens is 265 g/mol. The first kappa shape index (κ1) is 19.7. The van der Waals surface area contributed by atoms with Crippen molar-refractivity contribution in [3.63, 3.8) is 0 Å². The lowest BCUT2D eigenvalue weighted by atomic mass is 9.84. The smallest absolute Gasteiger partial charge is 0.227 e. The van der Waals surface area contributed by atoms with Gasteiger partial charge in [-0.3, -0.25) is 0 Å². The van der Waals surface area contributed by atoms with Crippen LogP contribution in [-0.2, 0) is 4.74 Å². The highest BCUT2D eigenvalue weighted by Crippen LogP contribution is 2.28. The van der Waals surface area contributed by atoms with E-state index >= 15 is 0 Å². The fourth-order valence-electron chi connectivity index (χ4n) is 1.77. The van der Waals surface area contributed by atoms with Crippen molar-refractivity contribution >= 4 is 0 Å². The number of nitrogens with two attached hydrogens (primary N) is 1. The standard InChI is InChI=1S/C18H30FNO/c1-5-6-9-16(10-7-8-12-20)14-17(18(2,3)4)11-13-21-15-19/h5-6,9,11,13-14H,7-8,10,12,15,20H2,1-4H3/b6-5-,13-11+,16-9-,17-14+. The molecule has 0 fully saturated rings. The molecule has 0 aliphatic heterocycles. The summed E-state index contributed by atoms with van der Waals surface area (Å²) < 4.78 is 16.7. The number of ether oxygens (including phenoxy) is 1. The van der Waals surface area contributed by atoms with Crippen molar-refractivity contribution in [2.24, 2.45) is 11.1 Å².